The Hall–Kier alpha value is -1.70. The van der Waals surface area contributed by atoms with Gasteiger partial charge in [-0.1, -0.05) is 19.1 Å². The van der Waals surface area contributed by atoms with Crippen LogP contribution in [-0.2, 0) is 21.2 Å². The van der Waals surface area contributed by atoms with Crippen LogP contribution in [0.5, 0.6) is 0 Å². The Morgan fingerprint density at radius 2 is 1.81 bits per heavy atom. The topological polar surface area (TPSA) is 66.5 Å². The van der Waals surface area contributed by atoms with Gasteiger partial charge in [-0.05, 0) is 56.0 Å². The lowest BCUT2D eigenvalue weighted by atomic mass is 9.97. The van der Waals surface area contributed by atoms with E-state index in [2.05, 4.69) is 12.2 Å². The number of hydrogen-bond donors (Lipinski definition) is 1. The van der Waals surface area contributed by atoms with Gasteiger partial charge in [-0.2, -0.15) is 4.31 Å². The molecule has 1 fully saturated rings. The molecule has 1 amide bonds. The van der Waals surface area contributed by atoms with Gasteiger partial charge in [-0.25, -0.2) is 8.42 Å². The Labute approximate surface area is 159 Å². The van der Waals surface area contributed by atoms with Gasteiger partial charge in [0.2, 0.25) is 5.91 Å². The van der Waals surface area contributed by atoms with E-state index in [0.29, 0.717) is 30.1 Å². The maximum absolute atomic E-state index is 12.7. The first-order chi connectivity index (χ1) is 12.4. The van der Waals surface area contributed by atoms with Gasteiger partial charge in [0.1, 0.15) is 4.21 Å². The molecule has 0 bridgehead atoms. The van der Waals surface area contributed by atoms with Crippen LogP contribution in [0.25, 0.3) is 0 Å². The number of piperidine rings is 1. The van der Waals surface area contributed by atoms with Gasteiger partial charge in [0.25, 0.3) is 10.0 Å². The predicted molar refractivity (Wildman–Crippen MR) is 105 cm³/mol. The molecule has 0 atom stereocenters. The van der Waals surface area contributed by atoms with Crippen LogP contribution in [0, 0.1) is 12.8 Å². The van der Waals surface area contributed by atoms with Crippen molar-refractivity contribution in [2.45, 2.75) is 37.3 Å². The Bertz CT molecular complexity index is 864. The van der Waals surface area contributed by atoms with Crippen molar-refractivity contribution in [3.05, 3.63) is 46.8 Å². The van der Waals surface area contributed by atoms with Crippen molar-refractivity contribution < 1.29 is 13.2 Å². The summed E-state index contributed by atoms with van der Waals surface area (Å²) in [6, 6.07) is 11.3. The molecule has 1 aliphatic rings. The van der Waals surface area contributed by atoms with Crippen LogP contribution >= 0.6 is 11.3 Å². The average Bonchev–Trinajstić information content (AvgIpc) is 3.10. The highest BCUT2D eigenvalue weighted by Gasteiger charge is 2.32. The number of rotatable bonds is 5. The Morgan fingerprint density at radius 3 is 2.35 bits per heavy atom. The summed E-state index contributed by atoms with van der Waals surface area (Å²) in [7, 11) is -3.44. The fraction of sp³-hybridized carbons (Fsp3) is 0.421. The maximum atomic E-state index is 12.7. The number of nitrogens with zero attached hydrogens (tertiary/aromatic N) is 1. The quantitative estimate of drug-likeness (QED) is 0.844. The molecule has 0 radical (unpaired) electrons. The molecule has 7 heteroatoms. The smallest absolute Gasteiger partial charge is 0.252 e. The number of hydrogen-bond acceptors (Lipinski definition) is 4. The van der Waals surface area contributed by atoms with E-state index in [4.69, 9.17) is 0 Å². The van der Waals surface area contributed by atoms with Gasteiger partial charge in [0.15, 0.2) is 0 Å². The lowest BCUT2D eigenvalue weighted by molar-refractivity contribution is -0.120. The summed E-state index contributed by atoms with van der Waals surface area (Å²) in [6.45, 7) is 4.75. The third-order valence-electron chi connectivity index (χ3n) is 4.76. The SMILES string of the molecule is CCc1ccc(NC(=O)C2CCN(S(=O)(=O)c3ccc(C)s3)CC2)cc1. The molecule has 1 saturated heterocycles. The highest BCUT2D eigenvalue weighted by molar-refractivity contribution is 7.91. The molecule has 5 nitrogen and oxygen atoms in total. The number of anilines is 1. The summed E-state index contributed by atoms with van der Waals surface area (Å²) in [5.74, 6) is -0.185. The minimum atomic E-state index is -3.44. The van der Waals surface area contributed by atoms with Crippen LogP contribution in [0.15, 0.2) is 40.6 Å². The number of nitrogens with one attached hydrogen (secondary N) is 1. The second kappa shape index (κ2) is 7.90. The van der Waals surface area contributed by atoms with Gasteiger partial charge in [-0.3, -0.25) is 4.79 Å². The highest BCUT2D eigenvalue weighted by Crippen LogP contribution is 2.28. The van der Waals surface area contributed by atoms with E-state index in [1.165, 1.54) is 21.2 Å². The first-order valence-corrected chi connectivity index (χ1v) is 11.1. The molecule has 1 aliphatic heterocycles. The van der Waals surface area contributed by atoms with E-state index in [9.17, 15) is 13.2 Å². The minimum absolute atomic E-state index is 0.0294. The molecular formula is C19H24N2O3S2. The zero-order valence-corrected chi connectivity index (χ0v) is 16.7. The normalized spacial score (nSPS) is 16.5. The zero-order valence-electron chi connectivity index (χ0n) is 15.1. The van der Waals surface area contributed by atoms with Crippen LogP contribution in [0.1, 0.15) is 30.2 Å². The molecule has 0 unspecified atom stereocenters. The first-order valence-electron chi connectivity index (χ1n) is 8.86. The Morgan fingerprint density at radius 1 is 1.15 bits per heavy atom. The first kappa shape index (κ1) is 19.1. The van der Waals surface area contributed by atoms with Crippen molar-refractivity contribution in [1.29, 1.82) is 0 Å². The molecule has 1 N–H and O–H groups in total. The van der Waals surface area contributed by atoms with Crippen LogP contribution in [0.4, 0.5) is 5.69 Å². The van der Waals surface area contributed by atoms with Gasteiger partial charge in [0, 0.05) is 29.6 Å². The van der Waals surface area contributed by atoms with Crippen molar-refractivity contribution >= 4 is 33.0 Å². The Kier molecular flexibility index (Phi) is 5.79. The minimum Gasteiger partial charge on any atom is -0.326 e. The van der Waals surface area contributed by atoms with Crippen LogP contribution in [0.2, 0.25) is 0 Å². The lowest BCUT2D eigenvalue weighted by Crippen LogP contribution is -2.41. The molecule has 0 spiro atoms. The summed E-state index contributed by atoms with van der Waals surface area (Å²) < 4.78 is 27.2. The molecule has 1 aromatic heterocycles. The van der Waals surface area contributed by atoms with E-state index in [-0.39, 0.29) is 11.8 Å². The number of aryl methyl sites for hydroxylation is 2. The van der Waals surface area contributed by atoms with E-state index in [1.54, 1.807) is 6.07 Å². The highest BCUT2D eigenvalue weighted by atomic mass is 32.2. The fourth-order valence-electron chi connectivity index (χ4n) is 3.10. The van der Waals surface area contributed by atoms with Crippen molar-refractivity contribution in [3.63, 3.8) is 0 Å². The number of thiophene rings is 1. The largest absolute Gasteiger partial charge is 0.326 e. The molecule has 140 valence electrons. The summed E-state index contributed by atoms with van der Waals surface area (Å²) in [4.78, 5) is 13.5. The molecule has 2 aromatic rings. The number of benzene rings is 1. The van der Waals surface area contributed by atoms with Crippen molar-refractivity contribution in [1.82, 2.24) is 4.31 Å². The number of carbonyl (C=O) groups is 1. The molecular weight excluding hydrogens is 368 g/mol. The van der Waals surface area contributed by atoms with Crippen LogP contribution in [0.3, 0.4) is 0 Å². The van der Waals surface area contributed by atoms with Crippen LogP contribution < -0.4 is 5.32 Å². The second-order valence-corrected chi connectivity index (χ2v) is 10.0. The predicted octanol–water partition coefficient (Wildman–Crippen LogP) is 3.66. The molecule has 0 aliphatic carbocycles. The van der Waals surface area contributed by atoms with E-state index in [1.807, 2.05) is 37.3 Å². The third-order valence-corrected chi connectivity index (χ3v) is 8.13. The average molecular weight is 393 g/mol. The van der Waals surface area contributed by atoms with Gasteiger partial charge < -0.3 is 5.32 Å². The van der Waals surface area contributed by atoms with Crippen molar-refractivity contribution in [3.8, 4) is 0 Å². The van der Waals surface area contributed by atoms with Crippen molar-refractivity contribution in [2.24, 2.45) is 5.92 Å². The molecule has 26 heavy (non-hydrogen) atoms. The van der Waals surface area contributed by atoms with Gasteiger partial charge in [-0.15, -0.1) is 11.3 Å². The monoisotopic (exact) mass is 392 g/mol. The fourth-order valence-corrected chi connectivity index (χ4v) is 6.01. The zero-order chi connectivity index (χ0) is 18.7. The van der Waals surface area contributed by atoms with E-state index >= 15 is 0 Å². The van der Waals surface area contributed by atoms with Crippen molar-refractivity contribution in [2.75, 3.05) is 18.4 Å². The summed E-state index contributed by atoms with van der Waals surface area (Å²) in [5, 5.41) is 2.95. The number of carbonyl (C=O) groups excluding carboxylic acids is 1. The summed E-state index contributed by atoms with van der Waals surface area (Å²) in [5.41, 5.74) is 2.02. The lowest BCUT2D eigenvalue weighted by Gasteiger charge is -2.30. The molecule has 2 heterocycles. The van der Waals surface area contributed by atoms with E-state index in [0.717, 1.165) is 17.0 Å². The third kappa shape index (κ3) is 4.16. The number of sulfonamides is 1. The van der Waals surface area contributed by atoms with Gasteiger partial charge >= 0.3 is 0 Å². The van der Waals surface area contributed by atoms with Crippen LogP contribution in [-0.4, -0.2) is 31.7 Å². The van der Waals surface area contributed by atoms with E-state index < -0.39 is 10.0 Å². The Balaban J connectivity index is 1.58. The summed E-state index contributed by atoms with van der Waals surface area (Å²) in [6.07, 6.45) is 2.05. The molecule has 0 saturated carbocycles. The number of amides is 1. The summed E-state index contributed by atoms with van der Waals surface area (Å²) >= 11 is 1.29. The van der Waals surface area contributed by atoms with Gasteiger partial charge in [0.05, 0.1) is 0 Å². The molecule has 1 aromatic carbocycles. The standard InChI is InChI=1S/C19H24N2O3S2/c1-3-15-5-7-17(8-6-15)20-19(22)16-10-12-21(13-11-16)26(23,24)18-9-4-14(2)25-18/h4-9,16H,3,10-13H2,1-2H3,(H,20,22). The molecule has 3 rings (SSSR count). The second-order valence-electron chi connectivity index (χ2n) is 6.58. The maximum Gasteiger partial charge on any atom is 0.252 e.